The molecule has 1 aliphatic heterocycles. The van der Waals surface area contributed by atoms with Crippen molar-refractivity contribution in [3.8, 4) is 5.75 Å². The standard InChI is InChI=1S/C21H23F3O6/c1-11-3-2-4-13(9-12-5-7-14(8-6-12)21(22,23)24)19(11)30-20-18(28)17(27)16(26)15(10-25)29-20/h2-8,15-18,20,25-28H,9-10H2,1H3/t15-,16-,17+,18-,20+/m1/s1. The van der Waals surface area contributed by atoms with E-state index in [2.05, 4.69) is 0 Å². The maximum atomic E-state index is 12.8. The lowest BCUT2D eigenvalue weighted by Gasteiger charge is -2.40. The van der Waals surface area contributed by atoms with Crippen LogP contribution in [0.2, 0.25) is 0 Å². The molecule has 0 spiro atoms. The molecule has 4 N–H and O–H groups in total. The average Bonchev–Trinajstić information content (AvgIpc) is 2.70. The van der Waals surface area contributed by atoms with Crippen molar-refractivity contribution in [3.05, 3.63) is 64.7 Å². The molecule has 1 fully saturated rings. The molecule has 30 heavy (non-hydrogen) atoms. The first-order chi connectivity index (χ1) is 14.1. The van der Waals surface area contributed by atoms with Crippen LogP contribution in [-0.2, 0) is 17.3 Å². The highest BCUT2D eigenvalue weighted by molar-refractivity contribution is 5.44. The van der Waals surface area contributed by atoms with Crippen molar-refractivity contribution in [1.29, 1.82) is 0 Å². The number of alkyl halides is 3. The first-order valence-electron chi connectivity index (χ1n) is 9.33. The fourth-order valence-corrected chi connectivity index (χ4v) is 3.33. The minimum absolute atomic E-state index is 0.257. The highest BCUT2D eigenvalue weighted by atomic mass is 19.4. The number of benzene rings is 2. The maximum absolute atomic E-state index is 12.8. The zero-order chi connectivity index (χ0) is 22.1. The van der Waals surface area contributed by atoms with Crippen molar-refractivity contribution in [2.45, 2.75) is 50.2 Å². The molecule has 1 aliphatic rings. The van der Waals surface area contributed by atoms with Crippen LogP contribution < -0.4 is 4.74 Å². The second-order valence-electron chi connectivity index (χ2n) is 7.25. The molecule has 0 aromatic heterocycles. The Labute approximate surface area is 171 Å². The van der Waals surface area contributed by atoms with Crippen LogP contribution in [-0.4, -0.2) is 57.7 Å². The van der Waals surface area contributed by atoms with Gasteiger partial charge in [-0.2, -0.15) is 13.2 Å². The number of ether oxygens (including phenoxy) is 2. The van der Waals surface area contributed by atoms with E-state index in [1.807, 2.05) is 0 Å². The van der Waals surface area contributed by atoms with Gasteiger partial charge in [0.1, 0.15) is 30.2 Å². The van der Waals surface area contributed by atoms with Crippen molar-refractivity contribution < 1.29 is 43.1 Å². The van der Waals surface area contributed by atoms with Crippen LogP contribution in [0.5, 0.6) is 5.75 Å². The summed E-state index contributed by atoms with van der Waals surface area (Å²) in [6.45, 7) is 1.16. The smallest absolute Gasteiger partial charge is 0.416 e. The van der Waals surface area contributed by atoms with Gasteiger partial charge in [0.05, 0.1) is 12.2 Å². The predicted octanol–water partition coefficient (Wildman–Crippen LogP) is 1.78. The number of aryl methyl sites for hydroxylation is 1. The zero-order valence-corrected chi connectivity index (χ0v) is 16.1. The number of hydrogen-bond donors (Lipinski definition) is 4. The van der Waals surface area contributed by atoms with Gasteiger partial charge in [0, 0.05) is 6.42 Å². The Morgan fingerprint density at radius 2 is 1.63 bits per heavy atom. The molecule has 6 nitrogen and oxygen atoms in total. The van der Waals surface area contributed by atoms with Gasteiger partial charge in [0.15, 0.2) is 0 Å². The van der Waals surface area contributed by atoms with Gasteiger partial charge in [0.25, 0.3) is 0 Å². The zero-order valence-electron chi connectivity index (χ0n) is 16.1. The quantitative estimate of drug-likeness (QED) is 0.580. The number of halogens is 3. The van der Waals surface area contributed by atoms with E-state index in [1.54, 1.807) is 25.1 Å². The van der Waals surface area contributed by atoms with Crippen LogP contribution in [0, 0.1) is 6.92 Å². The van der Waals surface area contributed by atoms with Crippen LogP contribution in [0.15, 0.2) is 42.5 Å². The first kappa shape index (κ1) is 22.5. The molecule has 2 aromatic rings. The molecule has 2 aromatic carbocycles. The van der Waals surface area contributed by atoms with Gasteiger partial charge in [-0.1, -0.05) is 30.3 Å². The summed E-state index contributed by atoms with van der Waals surface area (Å²) >= 11 is 0. The number of rotatable bonds is 5. The topological polar surface area (TPSA) is 99.4 Å². The van der Waals surface area contributed by atoms with E-state index < -0.39 is 49.1 Å². The Hall–Kier alpha value is -2.17. The van der Waals surface area contributed by atoms with E-state index in [9.17, 15) is 33.6 Å². The molecular formula is C21H23F3O6. The average molecular weight is 428 g/mol. The normalized spacial score (nSPS) is 27.1. The van der Waals surface area contributed by atoms with Crippen molar-refractivity contribution in [3.63, 3.8) is 0 Å². The lowest BCUT2D eigenvalue weighted by molar-refractivity contribution is -0.277. The highest BCUT2D eigenvalue weighted by Crippen LogP contribution is 2.32. The van der Waals surface area contributed by atoms with Gasteiger partial charge in [-0.25, -0.2) is 0 Å². The number of hydrogen-bond acceptors (Lipinski definition) is 6. The van der Waals surface area contributed by atoms with E-state index in [4.69, 9.17) is 9.47 Å². The van der Waals surface area contributed by atoms with E-state index in [-0.39, 0.29) is 6.42 Å². The summed E-state index contributed by atoms with van der Waals surface area (Å²) in [7, 11) is 0. The van der Waals surface area contributed by atoms with E-state index in [0.717, 1.165) is 12.1 Å². The van der Waals surface area contributed by atoms with Crippen LogP contribution in [0.4, 0.5) is 13.2 Å². The third-order valence-corrected chi connectivity index (χ3v) is 5.05. The van der Waals surface area contributed by atoms with Gasteiger partial charge in [-0.3, -0.25) is 0 Å². The fourth-order valence-electron chi connectivity index (χ4n) is 3.33. The first-order valence-corrected chi connectivity index (χ1v) is 9.33. The Morgan fingerprint density at radius 3 is 2.23 bits per heavy atom. The summed E-state index contributed by atoms with van der Waals surface area (Å²) in [6.07, 6.45) is -11.3. The Morgan fingerprint density at radius 1 is 0.967 bits per heavy atom. The maximum Gasteiger partial charge on any atom is 0.416 e. The molecular weight excluding hydrogens is 405 g/mol. The molecule has 1 saturated heterocycles. The second-order valence-corrected chi connectivity index (χ2v) is 7.25. The third kappa shape index (κ3) is 4.76. The van der Waals surface area contributed by atoms with Crippen molar-refractivity contribution in [1.82, 2.24) is 0 Å². The van der Waals surface area contributed by atoms with E-state index in [0.29, 0.717) is 22.4 Å². The van der Waals surface area contributed by atoms with Gasteiger partial charge in [-0.05, 0) is 35.7 Å². The highest BCUT2D eigenvalue weighted by Gasteiger charge is 2.45. The molecule has 0 aliphatic carbocycles. The Balaban J connectivity index is 1.83. The van der Waals surface area contributed by atoms with Crippen LogP contribution in [0.3, 0.4) is 0 Å². The van der Waals surface area contributed by atoms with Gasteiger partial charge in [-0.15, -0.1) is 0 Å². The van der Waals surface area contributed by atoms with Crippen LogP contribution in [0.1, 0.15) is 22.3 Å². The second kappa shape index (κ2) is 8.91. The largest absolute Gasteiger partial charge is 0.461 e. The summed E-state index contributed by atoms with van der Waals surface area (Å²) in [5.74, 6) is 0.335. The third-order valence-electron chi connectivity index (χ3n) is 5.05. The summed E-state index contributed by atoms with van der Waals surface area (Å²) in [5, 5.41) is 39.4. The summed E-state index contributed by atoms with van der Waals surface area (Å²) in [4.78, 5) is 0. The van der Waals surface area contributed by atoms with Gasteiger partial charge < -0.3 is 29.9 Å². The van der Waals surface area contributed by atoms with Crippen LogP contribution in [0.25, 0.3) is 0 Å². The minimum Gasteiger partial charge on any atom is -0.461 e. The molecule has 164 valence electrons. The summed E-state index contributed by atoms with van der Waals surface area (Å²) in [6, 6.07) is 9.99. The number of aliphatic hydroxyl groups is 4. The van der Waals surface area contributed by atoms with Crippen molar-refractivity contribution >= 4 is 0 Å². The van der Waals surface area contributed by atoms with Crippen LogP contribution >= 0.6 is 0 Å². The SMILES string of the molecule is Cc1cccc(Cc2ccc(C(F)(F)F)cc2)c1O[C@@H]1O[C@H](CO)[C@@H](O)[C@H](O)[C@H]1O. The molecule has 1 heterocycles. The lowest BCUT2D eigenvalue weighted by Crippen LogP contribution is -2.60. The minimum atomic E-state index is -4.42. The van der Waals surface area contributed by atoms with E-state index >= 15 is 0 Å². The molecule has 0 unspecified atom stereocenters. The molecule has 0 radical (unpaired) electrons. The molecule has 0 saturated carbocycles. The number of para-hydroxylation sites is 1. The molecule has 0 amide bonds. The lowest BCUT2D eigenvalue weighted by atomic mass is 9.98. The Kier molecular flexibility index (Phi) is 6.68. The number of aliphatic hydroxyl groups excluding tert-OH is 4. The predicted molar refractivity (Wildman–Crippen MR) is 99.8 cm³/mol. The summed E-state index contributed by atoms with van der Waals surface area (Å²) in [5.41, 5.74) is 1.18. The van der Waals surface area contributed by atoms with Crippen molar-refractivity contribution in [2.75, 3.05) is 6.61 Å². The van der Waals surface area contributed by atoms with Gasteiger partial charge >= 0.3 is 6.18 Å². The molecule has 9 heteroatoms. The van der Waals surface area contributed by atoms with Crippen molar-refractivity contribution in [2.24, 2.45) is 0 Å². The fraction of sp³-hybridized carbons (Fsp3) is 0.429. The molecule has 3 rings (SSSR count). The molecule has 0 bridgehead atoms. The van der Waals surface area contributed by atoms with Gasteiger partial charge in [0.2, 0.25) is 6.29 Å². The Bertz CT molecular complexity index is 853. The monoisotopic (exact) mass is 428 g/mol. The molecule has 5 atom stereocenters. The summed E-state index contributed by atoms with van der Waals surface area (Å²) < 4.78 is 49.5. The van der Waals surface area contributed by atoms with E-state index in [1.165, 1.54) is 12.1 Å².